The molecule has 3 heteroatoms. The van der Waals surface area contributed by atoms with Crippen LogP contribution in [0.3, 0.4) is 0 Å². The summed E-state index contributed by atoms with van der Waals surface area (Å²) >= 11 is 5.96. The smallest absolute Gasteiger partial charge is 0.0737 e. The molecular formula is C14H16ClN2. The van der Waals surface area contributed by atoms with Crippen LogP contribution >= 0.6 is 11.6 Å². The first-order valence-electron chi connectivity index (χ1n) is 5.81. The van der Waals surface area contributed by atoms with Crippen molar-refractivity contribution >= 4 is 28.2 Å². The van der Waals surface area contributed by atoms with Gasteiger partial charge in [0, 0.05) is 28.3 Å². The van der Waals surface area contributed by atoms with E-state index in [1.165, 1.54) is 0 Å². The van der Waals surface area contributed by atoms with Crippen molar-refractivity contribution in [2.24, 2.45) is 0 Å². The fourth-order valence-electron chi connectivity index (χ4n) is 1.89. The summed E-state index contributed by atoms with van der Waals surface area (Å²) < 4.78 is 0. The second-order valence-corrected chi connectivity index (χ2v) is 4.64. The molecule has 0 spiro atoms. The number of hydrogen-bond acceptors (Lipinski definition) is 2. The molecule has 1 heterocycles. The highest BCUT2D eigenvalue weighted by Gasteiger charge is 2.05. The summed E-state index contributed by atoms with van der Waals surface area (Å²) in [5, 5.41) is 5.30. The van der Waals surface area contributed by atoms with Gasteiger partial charge in [0.25, 0.3) is 0 Å². The summed E-state index contributed by atoms with van der Waals surface area (Å²) in [7, 11) is 0. The van der Waals surface area contributed by atoms with Crippen molar-refractivity contribution < 1.29 is 0 Å². The zero-order valence-electron chi connectivity index (χ0n) is 9.91. The molecule has 0 aliphatic rings. The Hall–Kier alpha value is -1.28. The predicted molar refractivity (Wildman–Crippen MR) is 74.4 cm³/mol. The summed E-state index contributed by atoms with van der Waals surface area (Å²) in [6.45, 7) is 6.03. The van der Waals surface area contributed by atoms with Gasteiger partial charge in [-0.2, -0.15) is 0 Å². The molecule has 0 bridgehead atoms. The average molecular weight is 248 g/mol. The van der Waals surface area contributed by atoms with Crippen LogP contribution in [0.4, 0.5) is 5.69 Å². The number of nitrogens with one attached hydrogen (secondary N) is 1. The lowest BCUT2D eigenvalue weighted by Crippen LogP contribution is -2.14. The minimum Gasteiger partial charge on any atom is -0.382 e. The Morgan fingerprint density at radius 3 is 3.00 bits per heavy atom. The van der Waals surface area contributed by atoms with Gasteiger partial charge in [0.05, 0.1) is 5.52 Å². The van der Waals surface area contributed by atoms with E-state index in [0.717, 1.165) is 29.4 Å². The highest BCUT2D eigenvalue weighted by molar-refractivity contribution is 6.31. The van der Waals surface area contributed by atoms with E-state index in [2.05, 4.69) is 24.1 Å². The molecule has 2 rings (SSSR count). The number of halogens is 1. The van der Waals surface area contributed by atoms with Crippen LogP contribution in [0, 0.1) is 6.92 Å². The second kappa shape index (κ2) is 5.37. The Kier molecular flexibility index (Phi) is 3.85. The summed E-state index contributed by atoms with van der Waals surface area (Å²) in [6.07, 6.45) is 3.79. The number of hydrogen-bond donors (Lipinski definition) is 1. The van der Waals surface area contributed by atoms with E-state index in [4.69, 9.17) is 11.6 Å². The molecule has 0 saturated heterocycles. The second-order valence-electron chi connectivity index (χ2n) is 4.21. The van der Waals surface area contributed by atoms with Gasteiger partial charge in [-0.05, 0) is 37.6 Å². The van der Waals surface area contributed by atoms with E-state index < -0.39 is 0 Å². The number of aromatic nitrogens is 1. The molecule has 0 fully saturated rings. The number of fused-ring (bicyclic) bond motifs is 1. The Morgan fingerprint density at radius 1 is 1.41 bits per heavy atom. The van der Waals surface area contributed by atoms with Crippen LogP contribution in [0.2, 0.25) is 5.02 Å². The van der Waals surface area contributed by atoms with Gasteiger partial charge in [0.15, 0.2) is 0 Å². The summed E-state index contributed by atoms with van der Waals surface area (Å²) in [5.41, 5.74) is 2.02. The van der Waals surface area contributed by atoms with E-state index in [0.29, 0.717) is 11.1 Å². The van der Waals surface area contributed by atoms with Crippen molar-refractivity contribution in [2.75, 3.05) is 5.32 Å². The molecule has 1 atom stereocenters. The third-order valence-corrected chi connectivity index (χ3v) is 2.98. The fourth-order valence-corrected chi connectivity index (χ4v) is 2.06. The van der Waals surface area contributed by atoms with Crippen molar-refractivity contribution in [2.45, 2.75) is 25.8 Å². The lowest BCUT2D eigenvalue weighted by molar-refractivity contribution is 0.718. The third kappa shape index (κ3) is 2.89. The number of nitrogens with zero attached hydrogens (tertiary/aromatic N) is 1. The van der Waals surface area contributed by atoms with Gasteiger partial charge >= 0.3 is 0 Å². The molecule has 0 saturated carbocycles. The number of anilines is 1. The van der Waals surface area contributed by atoms with Crippen molar-refractivity contribution in [3.63, 3.8) is 0 Å². The van der Waals surface area contributed by atoms with E-state index in [9.17, 15) is 0 Å². The summed E-state index contributed by atoms with van der Waals surface area (Å²) in [5.74, 6) is 0. The van der Waals surface area contributed by atoms with Crippen LogP contribution in [0.1, 0.15) is 19.8 Å². The van der Waals surface area contributed by atoms with Crippen LogP contribution in [0.15, 0.2) is 30.5 Å². The zero-order chi connectivity index (χ0) is 12.3. The molecule has 1 aromatic heterocycles. The van der Waals surface area contributed by atoms with Crippen LogP contribution in [0.5, 0.6) is 0 Å². The van der Waals surface area contributed by atoms with E-state index >= 15 is 0 Å². The SMILES string of the molecule is [CH2]CCC(C)Nc1ccnc2cc(Cl)ccc12. The van der Waals surface area contributed by atoms with Gasteiger partial charge < -0.3 is 5.32 Å². The minimum absolute atomic E-state index is 0.411. The monoisotopic (exact) mass is 247 g/mol. The topological polar surface area (TPSA) is 24.9 Å². The Bertz CT molecular complexity index is 511. The number of benzene rings is 1. The molecule has 89 valence electrons. The molecule has 2 nitrogen and oxygen atoms in total. The molecule has 0 aliphatic carbocycles. The lowest BCUT2D eigenvalue weighted by Gasteiger charge is -2.15. The van der Waals surface area contributed by atoms with Gasteiger partial charge in [0.1, 0.15) is 0 Å². The van der Waals surface area contributed by atoms with Crippen molar-refractivity contribution in [1.82, 2.24) is 4.98 Å². The maximum Gasteiger partial charge on any atom is 0.0737 e. The molecule has 0 amide bonds. The number of rotatable bonds is 4. The highest BCUT2D eigenvalue weighted by atomic mass is 35.5. The molecule has 1 N–H and O–H groups in total. The van der Waals surface area contributed by atoms with Crippen LogP contribution in [-0.4, -0.2) is 11.0 Å². The first-order valence-corrected chi connectivity index (χ1v) is 6.18. The van der Waals surface area contributed by atoms with Crippen LogP contribution in [0.25, 0.3) is 10.9 Å². The first-order chi connectivity index (χ1) is 8.20. The summed E-state index contributed by atoms with van der Waals surface area (Å²) in [6, 6.07) is 8.19. The average Bonchev–Trinajstić information content (AvgIpc) is 2.29. The van der Waals surface area contributed by atoms with Gasteiger partial charge in [-0.15, -0.1) is 0 Å². The van der Waals surface area contributed by atoms with Crippen LogP contribution in [-0.2, 0) is 0 Å². The van der Waals surface area contributed by atoms with E-state index in [-0.39, 0.29) is 0 Å². The first kappa shape index (κ1) is 12.2. The van der Waals surface area contributed by atoms with Gasteiger partial charge in [-0.25, -0.2) is 0 Å². The maximum absolute atomic E-state index is 5.96. The molecule has 1 unspecified atom stereocenters. The summed E-state index contributed by atoms with van der Waals surface area (Å²) in [4.78, 5) is 4.32. The standard InChI is InChI=1S/C14H16ClN2/c1-3-4-10(2)17-13-7-8-16-14-9-11(15)5-6-12(13)14/h5-10H,1,3-4H2,2H3,(H,16,17). The molecule has 0 aliphatic heterocycles. The zero-order valence-corrected chi connectivity index (χ0v) is 10.7. The molecule has 1 aromatic carbocycles. The number of pyridine rings is 1. The normalized spacial score (nSPS) is 12.6. The molecule has 1 radical (unpaired) electrons. The largest absolute Gasteiger partial charge is 0.382 e. The van der Waals surface area contributed by atoms with Crippen LogP contribution < -0.4 is 5.32 Å². The van der Waals surface area contributed by atoms with Crippen molar-refractivity contribution in [1.29, 1.82) is 0 Å². The van der Waals surface area contributed by atoms with Crippen molar-refractivity contribution in [3.05, 3.63) is 42.4 Å². The fraction of sp³-hybridized carbons (Fsp3) is 0.286. The lowest BCUT2D eigenvalue weighted by atomic mass is 10.1. The highest BCUT2D eigenvalue weighted by Crippen LogP contribution is 2.25. The minimum atomic E-state index is 0.411. The molecule has 17 heavy (non-hydrogen) atoms. The Labute approximate surface area is 107 Å². The van der Waals surface area contributed by atoms with Crippen molar-refractivity contribution in [3.8, 4) is 0 Å². The van der Waals surface area contributed by atoms with Gasteiger partial charge in [-0.1, -0.05) is 24.9 Å². The quantitative estimate of drug-likeness (QED) is 0.871. The molecular weight excluding hydrogens is 232 g/mol. The third-order valence-electron chi connectivity index (χ3n) is 2.74. The van der Waals surface area contributed by atoms with Gasteiger partial charge in [0.2, 0.25) is 0 Å². The molecule has 2 aromatic rings. The Balaban J connectivity index is 2.34. The maximum atomic E-state index is 5.96. The Morgan fingerprint density at radius 2 is 2.24 bits per heavy atom. The predicted octanol–water partition coefficient (Wildman–Crippen LogP) is 4.30. The van der Waals surface area contributed by atoms with E-state index in [1.54, 1.807) is 6.20 Å². The van der Waals surface area contributed by atoms with Gasteiger partial charge in [-0.3, -0.25) is 4.98 Å². The van der Waals surface area contributed by atoms with E-state index in [1.807, 2.05) is 24.3 Å².